The maximum atomic E-state index is 12.7. The Labute approximate surface area is 170 Å². The van der Waals surface area contributed by atoms with Crippen LogP contribution >= 0.6 is 0 Å². The molecule has 0 fully saturated rings. The Balaban J connectivity index is 2.82. The van der Waals surface area contributed by atoms with Crippen molar-refractivity contribution < 1.29 is 23.9 Å². The first-order valence-electron chi connectivity index (χ1n) is 9.48. The van der Waals surface area contributed by atoms with Crippen molar-refractivity contribution in [3.05, 3.63) is 29.8 Å². The van der Waals surface area contributed by atoms with Crippen LogP contribution in [-0.4, -0.2) is 50.4 Å². The highest BCUT2D eigenvalue weighted by Gasteiger charge is 2.27. The number of rotatable bonds is 14. The van der Waals surface area contributed by atoms with E-state index < -0.39 is 18.0 Å². The van der Waals surface area contributed by atoms with Crippen molar-refractivity contribution in [1.82, 2.24) is 16.0 Å². The first kappa shape index (κ1) is 24.1. The molecule has 1 aromatic rings. The van der Waals surface area contributed by atoms with Crippen LogP contribution in [0.4, 0.5) is 5.69 Å². The summed E-state index contributed by atoms with van der Waals surface area (Å²) in [7, 11) is 1.60. The molecule has 0 aliphatic heterocycles. The quantitative estimate of drug-likeness (QED) is 0.265. The molecule has 1 aromatic carbocycles. The van der Waals surface area contributed by atoms with Gasteiger partial charge in [0.05, 0.1) is 6.61 Å². The van der Waals surface area contributed by atoms with E-state index in [1.165, 1.54) is 0 Å². The van der Waals surface area contributed by atoms with Gasteiger partial charge in [-0.05, 0) is 36.5 Å². The van der Waals surface area contributed by atoms with Crippen LogP contribution in [0.15, 0.2) is 24.3 Å². The largest absolute Gasteiger partial charge is 0.380 e. The van der Waals surface area contributed by atoms with Gasteiger partial charge in [-0.1, -0.05) is 26.0 Å². The summed E-state index contributed by atoms with van der Waals surface area (Å²) < 4.78 is 5.06. The Morgan fingerprint density at radius 1 is 1.07 bits per heavy atom. The average molecular weight is 406 g/mol. The minimum atomic E-state index is -0.815. The van der Waals surface area contributed by atoms with Gasteiger partial charge < -0.3 is 26.0 Å². The van der Waals surface area contributed by atoms with Crippen molar-refractivity contribution in [2.45, 2.75) is 45.4 Å². The van der Waals surface area contributed by atoms with Crippen LogP contribution in [0.2, 0.25) is 0 Å². The van der Waals surface area contributed by atoms with Crippen molar-refractivity contribution >= 4 is 30.3 Å². The third kappa shape index (κ3) is 8.73. The molecule has 4 amide bonds. The topological polar surface area (TPSA) is 126 Å². The molecular weight excluding hydrogens is 376 g/mol. The molecule has 0 aromatic heterocycles. The molecular formula is C20H30N4O5. The van der Waals surface area contributed by atoms with E-state index in [1.807, 2.05) is 12.1 Å². The minimum Gasteiger partial charge on any atom is -0.380 e. The fourth-order valence-corrected chi connectivity index (χ4v) is 2.72. The number of anilines is 1. The summed E-state index contributed by atoms with van der Waals surface area (Å²) in [5.41, 5.74) is 1.56. The Kier molecular flexibility index (Phi) is 11.0. The van der Waals surface area contributed by atoms with Gasteiger partial charge in [0.2, 0.25) is 24.6 Å². The lowest BCUT2D eigenvalue weighted by atomic mass is 10.0. The van der Waals surface area contributed by atoms with Crippen LogP contribution in [0.3, 0.4) is 0 Å². The summed E-state index contributed by atoms with van der Waals surface area (Å²) in [5, 5.41) is 10.5. The smallest absolute Gasteiger partial charge is 0.246 e. The second-order valence-electron chi connectivity index (χ2n) is 6.90. The molecule has 4 N–H and O–H groups in total. The lowest BCUT2D eigenvalue weighted by Gasteiger charge is -2.24. The zero-order chi connectivity index (χ0) is 21.6. The third-order valence-corrected chi connectivity index (χ3v) is 4.26. The Bertz CT molecular complexity index is 663. The Morgan fingerprint density at radius 2 is 1.76 bits per heavy atom. The predicted molar refractivity (Wildman–Crippen MR) is 109 cm³/mol. The molecule has 0 aliphatic carbocycles. The molecule has 160 valence electrons. The number of ether oxygens (including phenoxy) is 1. The second-order valence-corrected chi connectivity index (χ2v) is 6.90. The Morgan fingerprint density at radius 3 is 2.31 bits per heavy atom. The average Bonchev–Trinajstić information content (AvgIpc) is 2.69. The van der Waals surface area contributed by atoms with Crippen LogP contribution in [0.25, 0.3) is 0 Å². The maximum absolute atomic E-state index is 12.7. The van der Waals surface area contributed by atoms with E-state index in [0.29, 0.717) is 44.5 Å². The Hall–Kier alpha value is -2.94. The summed E-state index contributed by atoms with van der Waals surface area (Å²) in [6, 6.07) is 5.62. The van der Waals surface area contributed by atoms with Crippen LogP contribution in [0, 0.1) is 5.92 Å². The summed E-state index contributed by atoms with van der Waals surface area (Å²) in [5.74, 6) is -0.961. The number of methoxy groups -OCH3 is 1. The van der Waals surface area contributed by atoms with Crippen molar-refractivity contribution in [3.8, 4) is 0 Å². The van der Waals surface area contributed by atoms with Gasteiger partial charge in [-0.2, -0.15) is 0 Å². The van der Waals surface area contributed by atoms with Crippen LogP contribution in [0.1, 0.15) is 32.3 Å². The fraction of sp³-hybridized carbons (Fsp3) is 0.500. The van der Waals surface area contributed by atoms with Gasteiger partial charge in [0.1, 0.15) is 12.1 Å². The first-order valence-corrected chi connectivity index (χ1v) is 9.48. The van der Waals surface area contributed by atoms with E-state index in [2.05, 4.69) is 21.3 Å². The molecule has 9 nitrogen and oxygen atoms in total. The molecule has 2 unspecified atom stereocenters. The SMILES string of the molecule is COCc1ccc(NC(=O)C(CCCNC=O)NC(=O)C(NC=O)C(C)C)cc1. The van der Waals surface area contributed by atoms with E-state index >= 15 is 0 Å². The molecule has 0 spiro atoms. The lowest BCUT2D eigenvalue weighted by molar-refractivity contribution is -0.130. The summed E-state index contributed by atoms with van der Waals surface area (Å²) in [4.78, 5) is 46.5. The molecule has 9 heteroatoms. The number of hydrogen-bond acceptors (Lipinski definition) is 5. The van der Waals surface area contributed by atoms with E-state index in [9.17, 15) is 19.2 Å². The number of carbonyl (C=O) groups is 4. The fourth-order valence-electron chi connectivity index (χ4n) is 2.72. The van der Waals surface area contributed by atoms with Crippen molar-refractivity contribution in [2.75, 3.05) is 19.0 Å². The van der Waals surface area contributed by atoms with Crippen LogP contribution < -0.4 is 21.3 Å². The highest BCUT2D eigenvalue weighted by atomic mass is 16.5. The maximum Gasteiger partial charge on any atom is 0.246 e. The first-order chi connectivity index (χ1) is 13.9. The summed E-state index contributed by atoms with van der Waals surface area (Å²) >= 11 is 0. The van der Waals surface area contributed by atoms with Crippen molar-refractivity contribution in [1.29, 1.82) is 0 Å². The van der Waals surface area contributed by atoms with Gasteiger partial charge in [0.15, 0.2) is 0 Å². The van der Waals surface area contributed by atoms with Crippen LogP contribution in [-0.2, 0) is 30.5 Å². The molecule has 1 rings (SSSR count). The van der Waals surface area contributed by atoms with Crippen molar-refractivity contribution in [3.63, 3.8) is 0 Å². The summed E-state index contributed by atoms with van der Waals surface area (Å²) in [6.07, 6.45) is 1.87. The number of hydrogen-bond donors (Lipinski definition) is 4. The van der Waals surface area contributed by atoms with E-state index in [1.54, 1.807) is 33.1 Å². The molecule has 0 heterocycles. The van der Waals surface area contributed by atoms with E-state index in [-0.39, 0.29) is 11.8 Å². The number of amides is 4. The molecule has 0 bridgehead atoms. The highest BCUT2D eigenvalue weighted by Crippen LogP contribution is 2.12. The number of benzene rings is 1. The number of nitrogens with one attached hydrogen (secondary N) is 4. The molecule has 0 saturated carbocycles. The highest BCUT2D eigenvalue weighted by molar-refractivity contribution is 5.98. The van der Waals surface area contributed by atoms with Crippen molar-refractivity contribution in [2.24, 2.45) is 5.92 Å². The monoisotopic (exact) mass is 406 g/mol. The van der Waals surface area contributed by atoms with Crippen LogP contribution in [0.5, 0.6) is 0 Å². The standard InChI is InChI=1S/C20H30N4O5/c1-14(2)18(22-13-26)20(28)24-17(5-4-10-21-12-25)19(27)23-16-8-6-15(7-9-16)11-29-3/h6-9,12-14,17-18H,4-5,10-11H2,1-3H3,(H,21,25)(H,22,26)(H,23,27)(H,24,28). The van der Waals surface area contributed by atoms with Gasteiger partial charge in [-0.3, -0.25) is 19.2 Å². The normalized spacial score (nSPS) is 12.6. The number of carbonyl (C=O) groups excluding carboxylic acids is 4. The molecule has 29 heavy (non-hydrogen) atoms. The summed E-state index contributed by atoms with van der Waals surface area (Å²) in [6.45, 7) is 4.45. The van der Waals surface area contributed by atoms with Gasteiger partial charge in [0, 0.05) is 19.3 Å². The third-order valence-electron chi connectivity index (χ3n) is 4.26. The van der Waals surface area contributed by atoms with E-state index in [4.69, 9.17) is 4.74 Å². The van der Waals surface area contributed by atoms with Gasteiger partial charge in [-0.25, -0.2) is 0 Å². The predicted octanol–water partition coefficient (Wildman–Crippen LogP) is 0.553. The minimum absolute atomic E-state index is 0.144. The van der Waals surface area contributed by atoms with E-state index in [0.717, 1.165) is 5.56 Å². The van der Waals surface area contributed by atoms with Gasteiger partial charge >= 0.3 is 0 Å². The van der Waals surface area contributed by atoms with Gasteiger partial charge in [-0.15, -0.1) is 0 Å². The molecule has 0 aliphatic rings. The zero-order valence-corrected chi connectivity index (χ0v) is 17.1. The molecule has 0 saturated heterocycles. The molecule has 2 atom stereocenters. The molecule has 0 radical (unpaired) electrons. The lowest BCUT2D eigenvalue weighted by Crippen LogP contribution is -2.53. The van der Waals surface area contributed by atoms with Gasteiger partial charge in [0.25, 0.3) is 0 Å². The zero-order valence-electron chi connectivity index (χ0n) is 17.1. The second kappa shape index (κ2) is 13.3.